The molecular formula is C34H30Cl2NiP2+2. The SMILES string of the molecule is C1=CC(=[PH](c2ccccc2)c2ccccc2)C=C1.[Cl][Ni+2][Cl].c1ccc([PH+](c2ccccc2)[c-]2cccc2)cc1. The third-order valence-electron chi connectivity index (χ3n) is 6.15. The largest absolute Gasteiger partial charge is 0.210 e. The van der Waals surface area contributed by atoms with Gasteiger partial charge in [0, 0.05) is 7.92 Å². The summed E-state index contributed by atoms with van der Waals surface area (Å²) in [4.78, 5) is 0. The Hall–Kier alpha value is -2.49. The Morgan fingerprint density at radius 1 is 0.513 bits per heavy atom. The van der Waals surface area contributed by atoms with Crippen LogP contribution in [0, 0.1) is 0 Å². The van der Waals surface area contributed by atoms with Crippen molar-refractivity contribution in [3.8, 4) is 0 Å². The van der Waals surface area contributed by atoms with Crippen molar-refractivity contribution in [1.82, 2.24) is 0 Å². The van der Waals surface area contributed by atoms with Crippen molar-refractivity contribution < 1.29 is 12.7 Å². The minimum Gasteiger partial charge on any atom is -0.210 e. The molecule has 0 amide bonds. The average molecular weight is 630 g/mol. The second-order valence-corrected chi connectivity index (χ2v) is 15.2. The molecule has 1 aliphatic rings. The number of rotatable bonds is 5. The number of benzene rings is 4. The first-order valence-electron chi connectivity index (χ1n) is 12.5. The van der Waals surface area contributed by atoms with Crippen LogP contribution in [0.5, 0.6) is 0 Å². The molecule has 0 atom stereocenters. The molecule has 5 aromatic carbocycles. The van der Waals surface area contributed by atoms with Crippen molar-refractivity contribution in [2.45, 2.75) is 0 Å². The molecule has 0 fully saturated rings. The minimum absolute atomic E-state index is 0.569. The van der Waals surface area contributed by atoms with E-state index in [4.69, 9.17) is 20.4 Å². The monoisotopic (exact) mass is 628 g/mol. The van der Waals surface area contributed by atoms with Crippen molar-refractivity contribution in [3.05, 3.63) is 170 Å². The number of allylic oxidation sites excluding steroid dienone is 4. The van der Waals surface area contributed by atoms with Crippen LogP contribution in [-0.4, -0.2) is 5.29 Å². The summed E-state index contributed by atoms with van der Waals surface area (Å²) in [7, 11) is 7.73. The van der Waals surface area contributed by atoms with Gasteiger partial charge >= 0.3 is 33.0 Å². The first kappa shape index (κ1) is 29.5. The van der Waals surface area contributed by atoms with Crippen molar-refractivity contribution in [1.29, 1.82) is 0 Å². The zero-order valence-corrected chi connectivity index (χ0v) is 25.7. The molecular weight excluding hydrogens is 600 g/mol. The molecule has 5 heteroatoms. The maximum absolute atomic E-state index is 4.70. The number of halogens is 2. The predicted molar refractivity (Wildman–Crippen MR) is 178 cm³/mol. The number of hydrogen-bond acceptors (Lipinski definition) is 0. The zero-order chi connectivity index (χ0) is 27.1. The molecule has 0 nitrogen and oxygen atoms in total. The van der Waals surface area contributed by atoms with Crippen LogP contribution in [-0.2, 0) is 12.7 Å². The molecule has 5 aromatic rings. The van der Waals surface area contributed by atoms with Crippen LogP contribution in [0.2, 0.25) is 0 Å². The third-order valence-corrected chi connectivity index (χ3v) is 11.6. The molecule has 39 heavy (non-hydrogen) atoms. The van der Waals surface area contributed by atoms with E-state index in [0.29, 0.717) is 12.7 Å². The van der Waals surface area contributed by atoms with E-state index in [9.17, 15) is 0 Å². The van der Waals surface area contributed by atoms with Gasteiger partial charge in [-0.2, -0.15) is 0 Å². The zero-order valence-electron chi connectivity index (χ0n) is 21.2. The predicted octanol–water partition coefficient (Wildman–Crippen LogP) is 7.42. The van der Waals surface area contributed by atoms with E-state index >= 15 is 0 Å². The third kappa shape index (κ3) is 8.75. The van der Waals surface area contributed by atoms with Crippen LogP contribution in [0.3, 0.4) is 0 Å². The van der Waals surface area contributed by atoms with E-state index in [1.165, 1.54) is 31.8 Å². The summed E-state index contributed by atoms with van der Waals surface area (Å²) < 4.78 is 0. The Bertz CT molecular complexity index is 1370. The van der Waals surface area contributed by atoms with Gasteiger partial charge in [0.15, 0.2) is 0 Å². The smallest absolute Gasteiger partial charge is 0.0908 e. The van der Waals surface area contributed by atoms with Crippen LogP contribution in [0.25, 0.3) is 0 Å². The maximum atomic E-state index is 4.70. The van der Waals surface area contributed by atoms with Gasteiger partial charge in [-0.25, -0.2) is 12.1 Å². The van der Waals surface area contributed by atoms with Crippen LogP contribution in [0.1, 0.15) is 0 Å². The van der Waals surface area contributed by atoms with Crippen molar-refractivity contribution >= 4 is 67.7 Å². The molecule has 198 valence electrons. The molecule has 1 aliphatic carbocycles. The van der Waals surface area contributed by atoms with E-state index in [-0.39, 0.29) is 0 Å². The van der Waals surface area contributed by atoms with Crippen molar-refractivity contribution in [3.63, 3.8) is 0 Å². The first-order valence-corrected chi connectivity index (χ1v) is 18.3. The molecule has 0 heterocycles. The van der Waals surface area contributed by atoms with E-state index in [1.807, 2.05) is 0 Å². The molecule has 0 radical (unpaired) electrons. The summed E-state index contributed by atoms with van der Waals surface area (Å²) in [5.74, 6) is 0. The molecule has 0 spiro atoms. The molecule has 6 rings (SSSR count). The average Bonchev–Trinajstić information content (AvgIpc) is 3.72. The van der Waals surface area contributed by atoms with E-state index < -0.39 is 15.5 Å². The summed E-state index contributed by atoms with van der Waals surface area (Å²) in [6, 6.07) is 52.1. The molecule has 0 unspecified atom stereocenters. The Labute approximate surface area is 248 Å². The Balaban J connectivity index is 0.000000165. The molecule has 0 N–H and O–H groups in total. The quantitative estimate of drug-likeness (QED) is 0.108. The van der Waals surface area contributed by atoms with Crippen LogP contribution in [0.4, 0.5) is 0 Å². The van der Waals surface area contributed by atoms with Gasteiger partial charge in [-0.05, 0) is 45.5 Å². The summed E-state index contributed by atoms with van der Waals surface area (Å²) >= 11 is 0.569. The Kier molecular flexibility index (Phi) is 12.5. The molecule has 0 saturated heterocycles. The van der Waals surface area contributed by atoms with E-state index in [1.54, 1.807) is 0 Å². The van der Waals surface area contributed by atoms with Gasteiger partial charge in [0.1, 0.15) is 0 Å². The fraction of sp³-hybridized carbons (Fsp3) is 0. The van der Waals surface area contributed by atoms with Crippen molar-refractivity contribution in [2.24, 2.45) is 0 Å². The van der Waals surface area contributed by atoms with E-state index in [2.05, 4.69) is 170 Å². The van der Waals surface area contributed by atoms with Gasteiger partial charge in [0.05, 0.1) is 10.6 Å². The van der Waals surface area contributed by atoms with Crippen LogP contribution < -0.4 is 26.5 Å². The molecule has 0 aromatic heterocycles. The minimum atomic E-state index is -0.834. The Morgan fingerprint density at radius 2 is 0.872 bits per heavy atom. The van der Waals surface area contributed by atoms with Gasteiger partial charge in [-0.15, -0.1) is 12.1 Å². The second-order valence-electron chi connectivity index (χ2n) is 8.61. The van der Waals surface area contributed by atoms with Gasteiger partial charge in [-0.1, -0.05) is 129 Å². The molecule has 0 saturated carbocycles. The molecule has 0 bridgehead atoms. The topological polar surface area (TPSA) is 0 Å². The van der Waals surface area contributed by atoms with Gasteiger partial charge < -0.3 is 0 Å². The van der Waals surface area contributed by atoms with Crippen LogP contribution in [0.15, 0.2) is 170 Å². The first-order chi connectivity index (χ1) is 19.3. The van der Waals surface area contributed by atoms with Crippen LogP contribution >= 0.6 is 35.9 Å². The second kappa shape index (κ2) is 16.6. The van der Waals surface area contributed by atoms with Gasteiger partial charge in [-0.3, -0.25) is 0 Å². The summed E-state index contributed by atoms with van der Waals surface area (Å²) in [5, 5.41) is 8.69. The standard InChI is InChI=1S/2C17H15P.2ClH.Ni/c2*1-3-9-15(10-4-1)18(17-13-7-8-14-17)16-11-5-2-6-12-16;;;/h2*1-14,18H;2*1H;/q;;;;+4/p-2. The fourth-order valence-electron chi connectivity index (χ4n) is 4.50. The number of hydrogen-bond donors (Lipinski definition) is 0. The Morgan fingerprint density at radius 3 is 1.26 bits per heavy atom. The summed E-state index contributed by atoms with van der Waals surface area (Å²) in [6.07, 6.45) is 8.75. The van der Waals surface area contributed by atoms with Gasteiger partial charge in [0.25, 0.3) is 0 Å². The summed E-state index contributed by atoms with van der Waals surface area (Å²) in [5.41, 5.74) is 0. The van der Waals surface area contributed by atoms with Crippen molar-refractivity contribution in [2.75, 3.05) is 0 Å². The maximum Gasteiger partial charge on any atom is 0.0908 e. The summed E-state index contributed by atoms with van der Waals surface area (Å²) in [6.45, 7) is 0. The fourth-order valence-corrected chi connectivity index (χ4v) is 9.66. The molecule has 0 aliphatic heterocycles. The van der Waals surface area contributed by atoms with Gasteiger partial charge in [0.2, 0.25) is 0 Å². The normalized spacial score (nSPS) is 11.7. The van der Waals surface area contributed by atoms with E-state index in [0.717, 1.165) is 0 Å².